The number of ether oxygens (including phenoxy) is 2. The summed E-state index contributed by atoms with van der Waals surface area (Å²) in [5, 5.41) is 12.6. The normalized spacial score (nSPS) is 14.1. The van der Waals surface area contributed by atoms with Gasteiger partial charge in [-0.3, -0.25) is 9.69 Å². The minimum atomic E-state index is 0.0850. The fraction of sp³-hybridized carbons (Fsp3) is 0.519. The van der Waals surface area contributed by atoms with Crippen LogP contribution in [0, 0.1) is 0 Å². The van der Waals surface area contributed by atoms with Crippen molar-refractivity contribution in [2.24, 2.45) is 0 Å². The number of phenolic OH excluding ortho intramolecular Hbond substituents is 1. The molecule has 0 aromatic heterocycles. The van der Waals surface area contributed by atoms with Gasteiger partial charge in [-0.15, -0.1) is 0 Å². The Labute approximate surface area is 197 Å². The molecule has 2 aromatic rings. The molecule has 1 amide bonds. The molecule has 180 valence electrons. The zero-order chi connectivity index (χ0) is 23.3. The summed E-state index contributed by atoms with van der Waals surface area (Å²) in [6, 6.07) is 13.7. The topological polar surface area (TPSA) is 71.0 Å². The Kier molecular flexibility index (Phi) is 10.4. The third-order valence-electron chi connectivity index (χ3n) is 6.03. The summed E-state index contributed by atoms with van der Waals surface area (Å²) >= 11 is 0. The summed E-state index contributed by atoms with van der Waals surface area (Å²) in [5.74, 6) is 1.62. The lowest BCUT2D eigenvalue weighted by molar-refractivity contribution is -0.121. The third-order valence-corrected chi connectivity index (χ3v) is 6.03. The number of hydrogen-bond donors (Lipinski definition) is 2. The molecule has 0 unspecified atom stereocenters. The van der Waals surface area contributed by atoms with E-state index in [2.05, 4.69) is 28.4 Å². The van der Waals surface area contributed by atoms with Crippen LogP contribution in [0.25, 0.3) is 0 Å². The van der Waals surface area contributed by atoms with E-state index in [0.717, 1.165) is 43.5 Å². The molecular weight excluding hydrogens is 416 g/mol. The van der Waals surface area contributed by atoms with Crippen molar-refractivity contribution in [3.05, 3.63) is 53.6 Å². The Balaban J connectivity index is 1.24. The van der Waals surface area contributed by atoms with Gasteiger partial charge in [0.15, 0.2) is 11.5 Å². The first-order valence-electron chi connectivity index (χ1n) is 12.2. The molecule has 1 heterocycles. The van der Waals surface area contributed by atoms with Crippen LogP contribution in [0.3, 0.4) is 0 Å². The van der Waals surface area contributed by atoms with E-state index in [0.29, 0.717) is 25.3 Å². The number of carbonyl (C=O) groups excluding carboxylic acids is 1. The SMILES string of the molecule is COc1cc(CCCCC(=O)NCCCOc2cccc(CN3CCCCC3)c2)ccc1O. The monoisotopic (exact) mass is 454 g/mol. The van der Waals surface area contributed by atoms with Crippen molar-refractivity contribution in [1.29, 1.82) is 0 Å². The number of hydrogen-bond acceptors (Lipinski definition) is 5. The summed E-state index contributed by atoms with van der Waals surface area (Å²) in [5.41, 5.74) is 2.40. The average molecular weight is 455 g/mol. The predicted octanol–water partition coefficient (Wildman–Crippen LogP) is 4.68. The standard InChI is InChI=1S/C27H38N2O4/c1-32-26-20-22(13-14-25(26)30)9-3-4-12-27(31)28-15-8-18-33-24-11-7-10-23(19-24)21-29-16-5-2-6-17-29/h7,10-11,13-14,19-20,30H,2-6,8-9,12,15-18,21H2,1H3,(H,28,31). The summed E-state index contributed by atoms with van der Waals surface area (Å²) in [6.07, 6.45) is 7.86. The van der Waals surface area contributed by atoms with Gasteiger partial charge in [0, 0.05) is 19.5 Å². The molecule has 0 bridgehead atoms. The molecule has 6 nitrogen and oxygen atoms in total. The molecule has 0 atom stereocenters. The maximum absolute atomic E-state index is 12.1. The van der Waals surface area contributed by atoms with Gasteiger partial charge in [0.2, 0.25) is 5.91 Å². The van der Waals surface area contributed by atoms with Crippen LogP contribution in [-0.4, -0.2) is 49.3 Å². The number of nitrogens with one attached hydrogen (secondary N) is 1. The van der Waals surface area contributed by atoms with Gasteiger partial charge in [-0.2, -0.15) is 0 Å². The van der Waals surface area contributed by atoms with E-state index in [1.807, 2.05) is 18.2 Å². The number of carbonyl (C=O) groups is 1. The number of nitrogens with zero attached hydrogens (tertiary/aromatic N) is 1. The molecule has 2 aromatic carbocycles. The van der Waals surface area contributed by atoms with Gasteiger partial charge in [-0.1, -0.05) is 24.6 Å². The second-order valence-corrected chi connectivity index (χ2v) is 8.75. The van der Waals surface area contributed by atoms with Crippen molar-refractivity contribution in [1.82, 2.24) is 10.2 Å². The van der Waals surface area contributed by atoms with Gasteiger partial charge >= 0.3 is 0 Å². The van der Waals surface area contributed by atoms with E-state index in [9.17, 15) is 9.90 Å². The second-order valence-electron chi connectivity index (χ2n) is 8.75. The lowest BCUT2D eigenvalue weighted by atomic mass is 10.1. The van der Waals surface area contributed by atoms with Crippen LogP contribution >= 0.6 is 0 Å². The van der Waals surface area contributed by atoms with Gasteiger partial charge < -0.3 is 19.9 Å². The fourth-order valence-electron chi connectivity index (χ4n) is 4.18. The van der Waals surface area contributed by atoms with Crippen LogP contribution in [0.5, 0.6) is 17.2 Å². The van der Waals surface area contributed by atoms with Gasteiger partial charge in [-0.05, 0) is 87.0 Å². The quantitative estimate of drug-likeness (QED) is 0.430. The highest BCUT2D eigenvalue weighted by atomic mass is 16.5. The Bertz CT molecular complexity index is 865. The highest BCUT2D eigenvalue weighted by Crippen LogP contribution is 2.27. The second kappa shape index (κ2) is 13.7. The number of likely N-dealkylation sites (tertiary alicyclic amines) is 1. The molecular formula is C27H38N2O4. The van der Waals surface area contributed by atoms with Crippen LogP contribution in [0.2, 0.25) is 0 Å². The van der Waals surface area contributed by atoms with Crippen LogP contribution < -0.4 is 14.8 Å². The van der Waals surface area contributed by atoms with E-state index in [-0.39, 0.29) is 11.7 Å². The fourth-order valence-corrected chi connectivity index (χ4v) is 4.18. The molecule has 1 aliphatic heterocycles. The van der Waals surface area contributed by atoms with Crippen molar-refractivity contribution in [2.45, 2.75) is 57.9 Å². The summed E-state index contributed by atoms with van der Waals surface area (Å²) in [7, 11) is 1.54. The molecule has 2 N–H and O–H groups in total. The molecule has 0 radical (unpaired) electrons. The maximum atomic E-state index is 12.1. The van der Waals surface area contributed by atoms with Gasteiger partial charge in [0.05, 0.1) is 13.7 Å². The summed E-state index contributed by atoms with van der Waals surface area (Å²) in [6.45, 7) is 4.60. The van der Waals surface area contributed by atoms with Gasteiger partial charge in [0.25, 0.3) is 0 Å². The number of rotatable bonds is 13. The van der Waals surface area contributed by atoms with Crippen LogP contribution in [-0.2, 0) is 17.8 Å². The molecule has 3 rings (SSSR count). The molecule has 0 aliphatic carbocycles. The number of benzene rings is 2. The molecule has 0 saturated carbocycles. The Morgan fingerprint density at radius 3 is 2.70 bits per heavy atom. The molecule has 1 aliphatic rings. The van der Waals surface area contributed by atoms with E-state index in [4.69, 9.17) is 9.47 Å². The average Bonchev–Trinajstić information content (AvgIpc) is 2.83. The van der Waals surface area contributed by atoms with E-state index in [1.165, 1.54) is 37.9 Å². The van der Waals surface area contributed by atoms with Crippen molar-refractivity contribution < 1.29 is 19.4 Å². The molecule has 0 spiro atoms. The first kappa shape index (κ1) is 24.9. The highest BCUT2D eigenvalue weighted by molar-refractivity contribution is 5.75. The molecule has 1 fully saturated rings. The van der Waals surface area contributed by atoms with Gasteiger partial charge in [-0.25, -0.2) is 0 Å². The number of aromatic hydroxyl groups is 1. The zero-order valence-electron chi connectivity index (χ0n) is 19.9. The third kappa shape index (κ3) is 8.97. The Morgan fingerprint density at radius 1 is 1.03 bits per heavy atom. The smallest absolute Gasteiger partial charge is 0.219 e. The van der Waals surface area contributed by atoms with Crippen molar-refractivity contribution in [3.8, 4) is 17.2 Å². The summed E-state index contributed by atoms with van der Waals surface area (Å²) in [4.78, 5) is 14.6. The van der Waals surface area contributed by atoms with Crippen molar-refractivity contribution >= 4 is 5.91 Å². The van der Waals surface area contributed by atoms with Crippen LogP contribution in [0.4, 0.5) is 0 Å². The molecule has 1 saturated heterocycles. The number of unbranched alkanes of at least 4 members (excludes halogenated alkanes) is 1. The highest BCUT2D eigenvalue weighted by Gasteiger charge is 2.10. The molecule has 6 heteroatoms. The first-order chi connectivity index (χ1) is 16.1. The largest absolute Gasteiger partial charge is 0.504 e. The van der Waals surface area contributed by atoms with Crippen LogP contribution in [0.15, 0.2) is 42.5 Å². The van der Waals surface area contributed by atoms with E-state index < -0.39 is 0 Å². The maximum Gasteiger partial charge on any atom is 0.219 e. The summed E-state index contributed by atoms with van der Waals surface area (Å²) < 4.78 is 11.0. The van der Waals surface area contributed by atoms with E-state index in [1.54, 1.807) is 13.2 Å². The number of aryl methyl sites for hydroxylation is 1. The number of methoxy groups -OCH3 is 1. The lowest BCUT2D eigenvalue weighted by Gasteiger charge is -2.26. The molecule has 33 heavy (non-hydrogen) atoms. The van der Waals surface area contributed by atoms with Gasteiger partial charge in [0.1, 0.15) is 5.75 Å². The Morgan fingerprint density at radius 2 is 1.88 bits per heavy atom. The minimum Gasteiger partial charge on any atom is -0.504 e. The van der Waals surface area contributed by atoms with Crippen LogP contribution in [0.1, 0.15) is 56.1 Å². The Hall–Kier alpha value is -2.73. The minimum absolute atomic E-state index is 0.0850. The van der Waals surface area contributed by atoms with E-state index >= 15 is 0 Å². The predicted molar refractivity (Wildman–Crippen MR) is 131 cm³/mol. The lowest BCUT2D eigenvalue weighted by Crippen LogP contribution is -2.29. The number of piperidine rings is 1. The van der Waals surface area contributed by atoms with Crippen molar-refractivity contribution in [3.63, 3.8) is 0 Å². The first-order valence-corrected chi connectivity index (χ1v) is 12.2. The van der Waals surface area contributed by atoms with Crippen molar-refractivity contribution in [2.75, 3.05) is 33.4 Å². The number of amides is 1. The zero-order valence-corrected chi connectivity index (χ0v) is 19.9. The number of phenols is 1.